The van der Waals surface area contributed by atoms with Crippen LogP contribution in [0.25, 0.3) is 5.65 Å². The summed E-state index contributed by atoms with van der Waals surface area (Å²) in [5.74, 6) is 2.53. The molecule has 8 nitrogen and oxygen atoms in total. The molecule has 0 unspecified atom stereocenters. The van der Waals surface area contributed by atoms with Crippen LogP contribution in [0.4, 0.5) is 5.69 Å². The van der Waals surface area contributed by atoms with Crippen molar-refractivity contribution in [2.45, 2.75) is 57.6 Å². The molecule has 0 aliphatic heterocycles. The van der Waals surface area contributed by atoms with Crippen LogP contribution < -0.4 is 20.3 Å². The first-order chi connectivity index (χ1) is 19.6. The van der Waals surface area contributed by atoms with Crippen LogP contribution in [-0.2, 0) is 16.2 Å². The Bertz CT molecular complexity index is 1470. The summed E-state index contributed by atoms with van der Waals surface area (Å²) in [7, 11) is 1.63. The minimum atomic E-state index is -0.285. The number of pyridine rings is 1. The van der Waals surface area contributed by atoms with Gasteiger partial charge in [-0.15, -0.1) is 0 Å². The van der Waals surface area contributed by atoms with E-state index in [1.807, 2.05) is 29.7 Å². The number of benzene rings is 1. The molecule has 0 saturated heterocycles. The quantitative estimate of drug-likeness (QED) is 0.297. The number of aryl methyl sites for hydroxylation is 1. The smallest absolute Gasteiger partial charge is 0.246 e. The van der Waals surface area contributed by atoms with Gasteiger partial charge in [-0.25, -0.2) is 4.98 Å². The molecule has 2 N–H and O–H groups in total. The number of imidazole rings is 1. The number of nitrogens with one attached hydrogen (secondary N) is 2. The first-order valence-corrected chi connectivity index (χ1v) is 15.7. The van der Waals surface area contributed by atoms with Gasteiger partial charge in [0.05, 0.1) is 29.5 Å². The Kier molecular flexibility index (Phi) is 8.00. The Morgan fingerprint density at radius 1 is 1.12 bits per heavy atom. The first kappa shape index (κ1) is 28.8. The molecule has 41 heavy (non-hydrogen) atoms. The zero-order valence-electron chi connectivity index (χ0n) is 23.2. The lowest BCUT2D eigenvalue weighted by Gasteiger charge is -2.57. The number of rotatable bonds is 9. The molecule has 4 saturated carbocycles. The Morgan fingerprint density at radius 3 is 2.49 bits per heavy atom. The van der Waals surface area contributed by atoms with E-state index >= 15 is 0 Å². The van der Waals surface area contributed by atoms with E-state index in [1.165, 1.54) is 43.4 Å². The van der Waals surface area contributed by atoms with Crippen molar-refractivity contribution in [3.8, 4) is 5.75 Å². The SMILES string of the molecule is Cc1nc2c(OCc3c(Cl)ccc(N(C)C(=O)CNC(=O)CNC45CC6CC(CC(C6)C4)C5)c3Cl)cccn2c1Br. The van der Waals surface area contributed by atoms with Gasteiger partial charge in [-0.2, -0.15) is 0 Å². The van der Waals surface area contributed by atoms with Crippen LogP contribution in [0.15, 0.2) is 35.1 Å². The predicted molar refractivity (Wildman–Crippen MR) is 164 cm³/mol. The lowest BCUT2D eigenvalue weighted by atomic mass is 9.53. The van der Waals surface area contributed by atoms with Crippen LogP contribution >= 0.6 is 39.1 Å². The monoisotopic (exact) mass is 661 g/mol. The lowest BCUT2D eigenvalue weighted by Crippen LogP contribution is -2.60. The molecule has 7 rings (SSSR count). The number of carbonyl (C=O) groups excluding carboxylic acids is 2. The molecule has 4 aliphatic carbocycles. The maximum Gasteiger partial charge on any atom is 0.246 e. The van der Waals surface area contributed by atoms with Gasteiger partial charge >= 0.3 is 0 Å². The second-order valence-electron chi connectivity index (χ2n) is 12.0. The van der Waals surface area contributed by atoms with Gasteiger partial charge in [-0.1, -0.05) is 23.2 Å². The van der Waals surface area contributed by atoms with Crippen molar-refractivity contribution in [1.82, 2.24) is 20.0 Å². The number of carbonyl (C=O) groups is 2. The Balaban J connectivity index is 1.06. The number of nitrogens with zero attached hydrogens (tertiary/aromatic N) is 3. The number of likely N-dealkylation sites (N-methyl/N-ethyl adjacent to an activating group) is 1. The number of halogens is 3. The molecule has 2 amide bonds. The highest BCUT2D eigenvalue weighted by atomic mass is 79.9. The second-order valence-corrected chi connectivity index (χ2v) is 13.5. The Labute approximate surface area is 258 Å². The molecule has 4 fully saturated rings. The van der Waals surface area contributed by atoms with E-state index in [0.29, 0.717) is 32.7 Å². The molecule has 2 heterocycles. The number of amides is 2. The van der Waals surface area contributed by atoms with E-state index in [9.17, 15) is 9.59 Å². The molecule has 1 aromatic carbocycles. The van der Waals surface area contributed by atoms with E-state index in [1.54, 1.807) is 19.2 Å². The molecule has 4 aliphatic rings. The standard InChI is InChI=1S/C30H34BrCl2N5O3/c1-17-28(31)38-7-3-4-24(29(38)36-17)41-16-21-22(32)5-6-23(27(21)33)37(2)26(40)15-34-25(39)14-35-30-11-18-8-19(12-30)10-20(9-18)13-30/h3-7,18-20,35H,8-16H2,1-2H3,(H,34,39). The minimum absolute atomic E-state index is 0.0868. The van der Waals surface area contributed by atoms with Crippen molar-refractivity contribution in [1.29, 1.82) is 0 Å². The van der Waals surface area contributed by atoms with Crippen LogP contribution in [0.3, 0.4) is 0 Å². The fraction of sp³-hybridized carbons (Fsp3) is 0.500. The van der Waals surface area contributed by atoms with Crippen LogP contribution in [0.1, 0.15) is 49.8 Å². The van der Waals surface area contributed by atoms with E-state index in [4.69, 9.17) is 27.9 Å². The van der Waals surface area contributed by atoms with Gasteiger partial charge in [0, 0.05) is 29.4 Å². The van der Waals surface area contributed by atoms with Crippen LogP contribution in [0.2, 0.25) is 10.0 Å². The zero-order valence-corrected chi connectivity index (χ0v) is 26.3. The van der Waals surface area contributed by atoms with Crippen molar-refractivity contribution < 1.29 is 14.3 Å². The van der Waals surface area contributed by atoms with Crippen molar-refractivity contribution in [3.05, 3.63) is 56.4 Å². The van der Waals surface area contributed by atoms with Crippen LogP contribution in [0, 0.1) is 24.7 Å². The largest absolute Gasteiger partial charge is 0.485 e. The molecule has 2 aromatic heterocycles. The predicted octanol–water partition coefficient (Wildman–Crippen LogP) is 5.93. The summed E-state index contributed by atoms with van der Waals surface area (Å²) in [4.78, 5) is 31.7. The summed E-state index contributed by atoms with van der Waals surface area (Å²) in [6.45, 7) is 2.10. The minimum Gasteiger partial charge on any atom is -0.485 e. The molecule has 4 bridgehead atoms. The lowest BCUT2D eigenvalue weighted by molar-refractivity contribution is -0.125. The molecular weight excluding hydrogens is 629 g/mol. The fourth-order valence-electron chi connectivity index (χ4n) is 7.45. The summed E-state index contributed by atoms with van der Waals surface area (Å²) >= 11 is 16.8. The summed E-state index contributed by atoms with van der Waals surface area (Å²) in [6, 6.07) is 7.08. The van der Waals surface area contributed by atoms with Gasteiger partial charge in [-0.3, -0.25) is 14.0 Å². The highest BCUT2D eigenvalue weighted by molar-refractivity contribution is 9.10. The van der Waals surface area contributed by atoms with Gasteiger partial charge < -0.3 is 20.3 Å². The number of aromatic nitrogens is 2. The van der Waals surface area contributed by atoms with Crippen LogP contribution in [-0.4, -0.2) is 46.9 Å². The molecular formula is C30H34BrCl2N5O3. The van der Waals surface area contributed by atoms with Crippen LogP contribution in [0.5, 0.6) is 5.75 Å². The van der Waals surface area contributed by atoms with Gasteiger partial charge in [0.1, 0.15) is 11.2 Å². The number of ether oxygens (including phenoxy) is 1. The van der Waals surface area contributed by atoms with Crippen molar-refractivity contribution in [2.24, 2.45) is 17.8 Å². The fourth-order valence-corrected chi connectivity index (χ4v) is 8.43. The maximum absolute atomic E-state index is 13.0. The van der Waals surface area contributed by atoms with Gasteiger partial charge in [-0.05, 0) is 103 Å². The molecule has 3 aromatic rings. The highest BCUT2D eigenvalue weighted by Gasteiger charge is 2.50. The highest BCUT2D eigenvalue weighted by Crippen LogP contribution is 2.55. The summed E-state index contributed by atoms with van der Waals surface area (Å²) in [5, 5.41) is 7.11. The Morgan fingerprint density at radius 2 is 1.80 bits per heavy atom. The second kappa shape index (κ2) is 11.4. The molecule has 218 valence electrons. The summed E-state index contributed by atoms with van der Waals surface area (Å²) in [5.41, 5.74) is 2.65. The van der Waals surface area contributed by atoms with Crippen molar-refractivity contribution in [2.75, 3.05) is 25.0 Å². The molecule has 11 heteroatoms. The van der Waals surface area contributed by atoms with Crippen molar-refractivity contribution >= 4 is 62.3 Å². The molecule has 0 radical (unpaired) electrons. The number of hydrogen-bond acceptors (Lipinski definition) is 5. The molecule has 0 spiro atoms. The normalized spacial score (nSPS) is 24.6. The Hall–Kier alpha value is -2.33. The number of fused-ring (bicyclic) bond motifs is 1. The topological polar surface area (TPSA) is 88.0 Å². The third-order valence-electron chi connectivity index (χ3n) is 9.09. The zero-order chi connectivity index (χ0) is 28.9. The third kappa shape index (κ3) is 5.70. The van der Waals surface area contributed by atoms with Gasteiger partial charge in [0.2, 0.25) is 11.8 Å². The molecule has 0 atom stereocenters. The van der Waals surface area contributed by atoms with E-state index in [0.717, 1.165) is 28.1 Å². The van der Waals surface area contributed by atoms with Gasteiger partial charge in [0.25, 0.3) is 0 Å². The third-order valence-corrected chi connectivity index (χ3v) is 10.8. The number of anilines is 1. The average molecular weight is 663 g/mol. The van der Waals surface area contributed by atoms with E-state index in [-0.39, 0.29) is 37.0 Å². The average Bonchev–Trinajstić information content (AvgIpc) is 3.23. The van der Waals surface area contributed by atoms with Gasteiger partial charge in [0.15, 0.2) is 11.4 Å². The first-order valence-electron chi connectivity index (χ1n) is 14.1. The van der Waals surface area contributed by atoms with E-state index in [2.05, 4.69) is 31.5 Å². The van der Waals surface area contributed by atoms with E-state index < -0.39 is 0 Å². The summed E-state index contributed by atoms with van der Waals surface area (Å²) in [6.07, 6.45) is 9.47. The summed E-state index contributed by atoms with van der Waals surface area (Å²) < 4.78 is 8.83. The maximum atomic E-state index is 13.0. The van der Waals surface area contributed by atoms with Crippen molar-refractivity contribution in [3.63, 3.8) is 0 Å². The number of hydrogen-bond donors (Lipinski definition) is 2.